The maximum Gasteiger partial charge on any atom is 0.0402 e. The van der Waals surface area contributed by atoms with Gasteiger partial charge in [0.05, 0.1) is 0 Å². The molecule has 1 aromatic carbocycles. The average Bonchev–Trinajstić information content (AvgIpc) is 3.09. The summed E-state index contributed by atoms with van der Waals surface area (Å²) in [6, 6.07) is 7.34. The van der Waals surface area contributed by atoms with Crippen LogP contribution in [0.15, 0.2) is 18.2 Å². The van der Waals surface area contributed by atoms with Crippen LogP contribution in [0.5, 0.6) is 0 Å². The van der Waals surface area contributed by atoms with E-state index in [1.807, 2.05) is 0 Å². The molecule has 2 N–H and O–H groups in total. The largest absolute Gasteiger partial charge is 0.383 e. The Morgan fingerprint density at radius 2 is 2.06 bits per heavy atom. The van der Waals surface area contributed by atoms with E-state index in [4.69, 9.17) is 0 Å². The molecule has 0 saturated heterocycles. The van der Waals surface area contributed by atoms with E-state index in [1.54, 1.807) is 0 Å². The number of aryl methyl sites for hydroxylation is 2. The average molecular weight is 218 g/mol. The molecule has 0 heterocycles. The van der Waals surface area contributed by atoms with Crippen molar-refractivity contribution in [3.63, 3.8) is 0 Å². The van der Waals surface area contributed by atoms with Crippen molar-refractivity contribution >= 4 is 5.69 Å². The van der Waals surface area contributed by atoms with Crippen molar-refractivity contribution in [3.8, 4) is 0 Å². The van der Waals surface area contributed by atoms with E-state index >= 15 is 0 Å². The molecule has 2 heteroatoms. The maximum atomic E-state index is 3.55. The Kier molecular flexibility index (Phi) is 3.83. The van der Waals surface area contributed by atoms with E-state index in [2.05, 4.69) is 42.7 Å². The molecule has 1 aliphatic carbocycles. The first kappa shape index (κ1) is 11.5. The lowest BCUT2D eigenvalue weighted by Gasteiger charge is -2.14. The Balaban J connectivity index is 1.86. The summed E-state index contributed by atoms with van der Waals surface area (Å²) in [6.07, 6.45) is 3.83. The number of hydrogen-bond donors (Lipinski definition) is 2. The Labute approximate surface area is 98.4 Å². The lowest BCUT2D eigenvalue weighted by atomic mass is 10.1. The summed E-state index contributed by atoms with van der Waals surface area (Å²) in [4.78, 5) is 0. The van der Waals surface area contributed by atoms with E-state index in [1.165, 1.54) is 29.7 Å². The molecular formula is C14H22N2. The van der Waals surface area contributed by atoms with Gasteiger partial charge in [0, 0.05) is 24.8 Å². The smallest absolute Gasteiger partial charge is 0.0402 e. The van der Waals surface area contributed by atoms with Crippen LogP contribution < -0.4 is 10.6 Å². The van der Waals surface area contributed by atoms with Crippen molar-refractivity contribution in [1.82, 2.24) is 5.32 Å². The minimum Gasteiger partial charge on any atom is -0.383 e. The van der Waals surface area contributed by atoms with Gasteiger partial charge in [-0.3, -0.25) is 0 Å². The normalized spacial score (nSPS) is 15.1. The molecule has 0 radical (unpaired) electrons. The van der Waals surface area contributed by atoms with Gasteiger partial charge in [0.1, 0.15) is 0 Å². The fraction of sp³-hybridized carbons (Fsp3) is 0.571. The van der Waals surface area contributed by atoms with Crippen molar-refractivity contribution in [2.45, 2.75) is 39.2 Å². The third-order valence-corrected chi connectivity index (χ3v) is 3.18. The molecule has 0 spiro atoms. The predicted molar refractivity (Wildman–Crippen MR) is 70.1 cm³/mol. The standard InChI is InChI=1S/C14H22N2/c1-3-12-6-4-5-11(2)14(12)16-10-9-15-13-7-8-13/h4-6,13,15-16H,3,7-10H2,1-2H3. The second kappa shape index (κ2) is 5.35. The molecule has 16 heavy (non-hydrogen) atoms. The summed E-state index contributed by atoms with van der Waals surface area (Å²) in [5.74, 6) is 0. The van der Waals surface area contributed by atoms with Gasteiger partial charge in [-0.1, -0.05) is 25.1 Å². The molecule has 1 fully saturated rings. The first-order valence-corrected chi connectivity index (χ1v) is 6.37. The van der Waals surface area contributed by atoms with Gasteiger partial charge < -0.3 is 10.6 Å². The lowest BCUT2D eigenvalue weighted by molar-refractivity contribution is 0.701. The van der Waals surface area contributed by atoms with E-state index in [-0.39, 0.29) is 0 Å². The highest BCUT2D eigenvalue weighted by molar-refractivity contribution is 5.57. The van der Waals surface area contributed by atoms with Crippen molar-refractivity contribution in [2.24, 2.45) is 0 Å². The van der Waals surface area contributed by atoms with Gasteiger partial charge in [-0.05, 0) is 37.3 Å². The molecule has 1 saturated carbocycles. The van der Waals surface area contributed by atoms with Gasteiger partial charge >= 0.3 is 0 Å². The molecule has 0 unspecified atom stereocenters. The SMILES string of the molecule is CCc1cccc(C)c1NCCNC1CC1. The first-order chi connectivity index (χ1) is 7.81. The van der Waals surface area contributed by atoms with Crippen molar-refractivity contribution in [1.29, 1.82) is 0 Å². The Bertz CT molecular complexity index is 343. The summed E-state index contributed by atoms with van der Waals surface area (Å²) < 4.78 is 0. The fourth-order valence-corrected chi connectivity index (χ4v) is 2.03. The third kappa shape index (κ3) is 2.99. The lowest BCUT2D eigenvalue weighted by Crippen LogP contribution is -2.24. The zero-order chi connectivity index (χ0) is 11.4. The van der Waals surface area contributed by atoms with Crippen LogP contribution in [-0.4, -0.2) is 19.1 Å². The van der Waals surface area contributed by atoms with E-state index < -0.39 is 0 Å². The van der Waals surface area contributed by atoms with E-state index in [0.717, 1.165) is 25.6 Å². The summed E-state index contributed by atoms with van der Waals surface area (Å²) in [5.41, 5.74) is 4.11. The summed E-state index contributed by atoms with van der Waals surface area (Å²) >= 11 is 0. The quantitative estimate of drug-likeness (QED) is 0.717. The predicted octanol–water partition coefficient (Wildman–Crippen LogP) is 2.72. The first-order valence-electron chi connectivity index (χ1n) is 6.37. The fourth-order valence-electron chi connectivity index (χ4n) is 2.03. The van der Waals surface area contributed by atoms with Gasteiger partial charge in [0.2, 0.25) is 0 Å². The van der Waals surface area contributed by atoms with Crippen molar-refractivity contribution < 1.29 is 0 Å². The topological polar surface area (TPSA) is 24.1 Å². The van der Waals surface area contributed by atoms with Gasteiger partial charge in [0.25, 0.3) is 0 Å². The molecule has 1 aromatic rings. The molecule has 0 atom stereocenters. The molecule has 88 valence electrons. The Hall–Kier alpha value is -1.02. The van der Waals surface area contributed by atoms with Gasteiger partial charge in [-0.25, -0.2) is 0 Å². The van der Waals surface area contributed by atoms with Crippen LogP contribution in [-0.2, 0) is 6.42 Å². The number of hydrogen-bond acceptors (Lipinski definition) is 2. The molecule has 2 nitrogen and oxygen atoms in total. The maximum absolute atomic E-state index is 3.55. The van der Waals surface area contributed by atoms with Crippen LogP contribution >= 0.6 is 0 Å². The minimum absolute atomic E-state index is 0.810. The number of benzene rings is 1. The monoisotopic (exact) mass is 218 g/mol. The molecule has 0 aliphatic heterocycles. The molecular weight excluding hydrogens is 196 g/mol. The van der Waals surface area contributed by atoms with Crippen LogP contribution in [0.1, 0.15) is 30.9 Å². The Morgan fingerprint density at radius 3 is 2.75 bits per heavy atom. The number of anilines is 1. The molecule has 1 aliphatic rings. The van der Waals surface area contributed by atoms with Gasteiger partial charge in [-0.2, -0.15) is 0 Å². The summed E-state index contributed by atoms with van der Waals surface area (Å²) in [5, 5.41) is 7.07. The zero-order valence-electron chi connectivity index (χ0n) is 10.3. The number of para-hydroxylation sites is 1. The Morgan fingerprint density at radius 1 is 1.25 bits per heavy atom. The molecule has 0 amide bonds. The van der Waals surface area contributed by atoms with Crippen LogP contribution in [0.25, 0.3) is 0 Å². The van der Waals surface area contributed by atoms with Crippen molar-refractivity contribution in [2.75, 3.05) is 18.4 Å². The van der Waals surface area contributed by atoms with Crippen LogP contribution in [0, 0.1) is 6.92 Å². The molecule has 2 rings (SSSR count). The van der Waals surface area contributed by atoms with Crippen LogP contribution in [0.2, 0.25) is 0 Å². The van der Waals surface area contributed by atoms with Gasteiger partial charge in [0.15, 0.2) is 0 Å². The highest BCUT2D eigenvalue weighted by Gasteiger charge is 2.19. The number of nitrogens with one attached hydrogen (secondary N) is 2. The minimum atomic E-state index is 0.810. The second-order valence-electron chi connectivity index (χ2n) is 4.62. The van der Waals surface area contributed by atoms with Crippen LogP contribution in [0.3, 0.4) is 0 Å². The zero-order valence-corrected chi connectivity index (χ0v) is 10.3. The molecule has 0 aromatic heterocycles. The number of rotatable bonds is 6. The van der Waals surface area contributed by atoms with Crippen LogP contribution in [0.4, 0.5) is 5.69 Å². The van der Waals surface area contributed by atoms with E-state index in [0.29, 0.717) is 0 Å². The summed E-state index contributed by atoms with van der Waals surface area (Å²) in [7, 11) is 0. The van der Waals surface area contributed by atoms with E-state index in [9.17, 15) is 0 Å². The summed E-state index contributed by atoms with van der Waals surface area (Å²) in [6.45, 7) is 6.48. The van der Waals surface area contributed by atoms with Crippen molar-refractivity contribution in [3.05, 3.63) is 29.3 Å². The third-order valence-electron chi connectivity index (χ3n) is 3.18. The highest BCUT2D eigenvalue weighted by atomic mass is 15.0. The highest BCUT2D eigenvalue weighted by Crippen LogP contribution is 2.21. The molecule has 0 bridgehead atoms. The van der Waals surface area contributed by atoms with Gasteiger partial charge in [-0.15, -0.1) is 0 Å². The second-order valence-corrected chi connectivity index (χ2v) is 4.62.